The van der Waals surface area contributed by atoms with E-state index in [1.165, 1.54) is 18.2 Å². The Morgan fingerprint density at radius 1 is 1.22 bits per heavy atom. The first-order valence-electron chi connectivity index (χ1n) is 5.12. The Morgan fingerprint density at radius 2 is 2.06 bits per heavy atom. The molecule has 92 valence electrons. The minimum Gasteiger partial charge on any atom is -0.455 e. The monoisotopic (exact) mass is 265 g/mol. The van der Waals surface area contributed by atoms with Crippen molar-refractivity contribution in [2.24, 2.45) is 0 Å². The minimum atomic E-state index is -0.397. The predicted octanol–water partition coefficient (Wildman–Crippen LogP) is 3.84. The zero-order chi connectivity index (χ0) is 13.0. The lowest BCUT2D eigenvalue weighted by Gasteiger charge is -2.10. The summed E-state index contributed by atoms with van der Waals surface area (Å²) < 4.78 is 18.5. The molecule has 0 aliphatic rings. The summed E-state index contributed by atoms with van der Waals surface area (Å²) in [4.78, 5) is 10.5. The highest BCUT2D eigenvalue weighted by molar-refractivity contribution is 6.31. The Hall–Kier alpha value is -2.07. The quantitative estimate of drug-likeness (QED) is 0.853. The molecule has 0 spiro atoms. The average molecular weight is 266 g/mol. The SMILES string of the molecule is O=CNc1cc(Cl)ccc1Oc1cccc(F)c1. The van der Waals surface area contributed by atoms with E-state index in [-0.39, 0.29) is 0 Å². The number of nitrogens with one attached hydrogen (secondary N) is 1. The Morgan fingerprint density at radius 3 is 2.78 bits per heavy atom. The molecule has 1 amide bonds. The van der Waals surface area contributed by atoms with Gasteiger partial charge >= 0.3 is 0 Å². The van der Waals surface area contributed by atoms with Crippen LogP contribution in [0.25, 0.3) is 0 Å². The summed E-state index contributed by atoms with van der Waals surface area (Å²) in [6, 6.07) is 10.5. The van der Waals surface area contributed by atoms with Gasteiger partial charge in [-0.05, 0) is 30.3 Å². The topological polar surface area (TPSA) is 38.3 Å². The summed E-state index contributed by atoms with van der Waals surface area (Å²) in [5.74, 6) is 0.328. The van der Waals surface area contributed by atoms with Crippen LogP contribution in [0.3, 0.4) is 0 Å². The first-order chi connectivity index (χ1) is 8.69. The standard InChI is InChI=1S/C13H9ClFNO2/c14-9-4-5-13(12(6-9)16-8-17)18-11-3-1-2-10(15)7-11/h1-8H,(H,16,17). The third-order valence-corrected chi connectivity index (χ3v) is 2.42. The second kappa shape index (κ2) is 5.51. The Kier molecular flexibility index (Phi) is 3.79. The molecule has 0 bridgehead atoms. The van der Waals surface area contributed by atoms with Gasteiger partial charge in [0.1, 0.15) is 11.6 Å². The predicted molar refractivity (Wildman–Crippen MR) is 67.6 cm³/mol. The van der Waals surface area contributed by atoms with Crippen LogP contribution in [0.4, 0.5) is 10.1 Å². The van der Waals surface area contributed by atoms with E-state index < -0.39 is 5.82 Å². The fraction of sp³-hybridized carbons (Fsp3) is 0. The lowest BCUT2D eigenvalue weighted by Crippen LogP contribution is -1.97. The normalized spacial score (nSPS) is 9.89. The number of hydrogen-bond donors (Lipinski definition) is 1. The smallest absolute Gasteiger partial charge is 0.211 e. The lowest BCUT2D eigenvalue weighted by molar-refractivity contribution is -0.105. The number of halogens is 2. The van der Waals surface area contributed by atoms with Gasteiger partial charge in [-0.1, -0.05) is 17.7 Å². The fourth-order valence-corrected chi connectivity index (χ4v) is 1.60. The second-order valence-corrected chi connectivity index (χ2v) is 3.90. The van der Waals surface area contributed by atoms with Crippen molar-refractivity contribution in [3.8, 4) is 11.5 Å². The van der Waals surface area contributed by atoms with Crippen molar-refractivity contribution < 1.29 is 13.9 Å². The van der Waals surface area contributed by atoms with Gasteiger partial charge in [0.25, 0.3) is 0 Å². The van der Waals surface area contributed by atoms with Gasteiger partial charge in [-0.25, -0.2) is 4.39 Å². The van der Waals surface area contributed by atoms with Crippen molar-refractivity contribution >= 4 is 23.7 Å². The van der Waals surface area contributed by atoms with Gasteiger partial charge in [0, 0.05) is 11.1 Å². The largest absolute Gasteiger partial charge is 0.455 e. The molecule has 1 N–H and O–H groups in total. The van der Waals surface area contributed by atoms with Crippen molar-refractivity contribution in [2.75, 3.05) is 5.32 Å². The van der Waals surface area contributed by atoms with E-state index in [9.17, 15) is 9.18 Å². The molecular formula is C13H9ClFNO2. The van der Waals surface area contributed by atoms with Gasteiger partial charge in [0.05, 0.1) is 5.69 Å². The molecule has 2 aromatic rings. The van der Waals surface area contributed by atoms with Gasteiger partial charge in [-0.2, -0.15) is 0 Å². The summed E-state index contributed by atoms with van der Waals surface area (Å²) in [6.07, 6.45) is 0.518. The highest BCUT2D eigenvalue weighted by Gasteiger charge is 2.06. The zero-order valence-electron chi connectivity index (χ0n) is 9.19. The summed E-state index contributed by atoms with van der Waals surface area (Å²) in [6.45, 7) is 0. The van der Waals surface area contributed by atoms with Crippen LogP contribution in [0.1, 0.15) is 0 Å². The molecule has 0 saturated heterocycles. The van der Waals surface area contributed by atoms with Crippen LogP contribution in [-0.4, -0.2) is 6.41 Å². The van der Waals surface area contributed by atoms with Crippen LogP contribution < -0.4 is 10.1 Å². The van der Waals surface area contributed by atoms with Crippen LogP contribution in [0.15, 0.2) is 42.5 Å². The van der Waals surface area contributed by atoms with Crippen LogP contribution >= 0.6 is 11.6 Å². The molecule has 0 aliphatic heterocycles. The highest BCUT2D eigenvalue weighted by atomic mass is 35.5. The van der Waals surface area contributed by atoms with Crippen molar-refractivity contribution in [1.29, 1.82) is 0 Å². The van der Waals surface area contributed by atoms with E-state index in [0.29, 0.717) is 28.6 Å². The Balaban J connectivity index is 2.30. The molecule has 0 saturated carbocycles. The van der Waals surface area contributed by atoms with E-state index in [0.717, 1.165) is 0 Å². The van der Waals surface area contributed by atoms with Crippen LogP contribution in [0, 0.1) is 5.82 Å². The third-order valence-electron chi connectivity index (χ3n) is 2.18. The van der Waals surface area contributed by atoms with Crippen molar-refractivity contribution in [1.82, 2.24) is 0 Å². The molecule has 0 aromatic heterocycles. The van der Waals surface area contributed by atoms with Crippen molar-refractivity contribution in [3.63, 3.8) is 0 Å². The molecule has 5 heteroatoms. The highest BCUT2D eigenvalue weighted by Crippen LogP contribution is 2.31. The molecule has 0 unspecified atom stereocenters. The van der Waals surface area contributed by atoms with Gasteiger partial charge in [0.2, 0.25) is 6.41 Å². The van der Waals surface area contributed by atoms with Gasteiger partial charge in [-0.15, -0.1) is 0 Å². The minimum absolute atomic E-state index is 0.339. The number of carbonyl (C=O) groups is 1. The molecule has 18 heavy (non-hydrogen) atoms. The number of carbonyl (C=O) groups excluding carboxylic acids is 1. The maximum atomic E-state index is 13.0. The molecule has 0 fully saturated rings. The lowest BCUT2D eigenvalue weighted by atomic mass is 10.3. The maximum absolute atomic E-state index is 13.0. The number of ether oxygens (including phenoxy) is 1. The average Bonchev–Trinajstić information content (AvgIpc) is 2.33. The maximum Gasteiger partial charge on any atom is 0.211 e. The fourth-order valence-electron chi connectivity index (χ4n) is 1.42. The molecule has 2 rings (SSSR count). The van der Waals surface area contributed by atoms with Crippen LogP contribution in [-0.2, 0) is 4.79 Å². The van der Waals surface area contributed by atoms with Gasteiger partial charge in [0.15, 0.2) is 5.75 Å². The summed E-state index contributed by atoms with van der Waals surface area (Å²) >= 11 is 5.81. The molecule has 0 aliphatic carbocycles. The summed E-state index contributed by atoms with van der Waals surface area (Å²) in [7, 11) is 0. The molecule has 0 atom stereocenters. The van der Waals surface area contributed by atoms with Crippen molar-refractivity contribution in [2.45, 2.75) is 0 Å². The number of anilines is 1. The number of hydrogen-bond acceptors (Lipinski definition) is 2. The van der Waals surface area contributed by atoms with E-state index in [1.54, 1.807) is 24.3 Å². The third kappa shape index (κ3) is 2.99. The van der Waals surface area contributed by atoms with Gasteiger partial charge < -0.3 is 10.1 Å². The van der Waals surface area contributed by atoms with E-state index >= 15 is 0 Å². The van der Waals surface area contributed by atoms with E-state index in [2.05, 4.69) is 5.32 Å². The Labute approximate surface area is 108 Å². The Bertz CT molecular complexity index is 575. The number of benzene rings is 2. The molecule has 0 radical (unpaired) electrons. The summed E-state index contributed by atoms with van der Waals surface area (Å²) in [5, 5.41) is 2.93. The molecular weight excluding hydrogens is 257 g/mol. The molecule has 0 heterocycles. The second-order valence-electron chi connectivity index (χ2n) is 3.46. The van der Waals surface area contributed by atoms with Crippen molar-refractivity contribution in [3.05, 3.63) is 53.3 Å². The number of amides is 1. The van der Waals surface area contributed by atoms with Crippen LogP contribution in [0.5, 0.6) is 11.5 Å². The first kappa shape index (κ1) is 12.4. The zero-order valence-corrected chi connectivity index (χ0v) is 9.95. The summed E-state index contributed by atoms with van der Waals surface area (Å²) in [5.41, 5.74) is 0.418. The van der Waals surface area contributed by atoms with E-state index in [1.807, 2.05) is 0 Å². The molecule has 2 aromatic carbocycles. The van der Waals surface area contributed by atoms with Gasteiger partial charge in [-0.3, -0.25) is 4.79 Å². The van der Waals surface area contributed by atoms with Crippen LogP contribution in [0.2, 0.25) is 5.02 Å². The molecule has 3 nitrogen and oxygen atoms in total. The first-order valence-corrected chi connectivity index (χ1v) is 5.50. The number of rotatable bonds is 4. The van der Waals surface area contributed by atoms with E-state index in [4.69, 9.17) is 16.3 Å².